The van der Waals surface area contributed by atoms with Crippen molar-refractivity contribution in [2.24, 2.45) is 0 Å². The number of aryl methyl sites for hydroxylation is 1. The minimum atomic E-state index is -0.0464. The minimum Gasteiger partial charge on any atom is -0.329 e. The topological polar surface area (TPSA) is 80.1 Å². The zero-order valence-corrected chi connectivity index (χ0v) is 14.1. The van der Waals surface area contributed by atoms with Crippen LogP contribution in [0.1, 0.15) is 28.9 Å². The largest absolute Gasteiger partial charge is 0.329 e. The van der Waals surface area contributed by atoms with Gasteiger partial charge in [0.05, 0.1) is 18.0 Å². The Labute approximate surface area is 143 Å². The van der Waals surface area contributed by atoms with Crippen LogP contribution in [0.25, 0.3) is 0 Å². The highest BCUT2D eigenvalue weighted by Gasteiger charge is 2.26. The highest BCUT2D eigenvalue weighted by Crippen LogP contribution is 2.32. The van der Waals surface area contributed by atoms with Gasteiger partial charge in [0, 0.05) is 30.0 Å². The Bertz CT molecular complexity index is 832. The zero-order chi connectivity index (χ0) is 16.7. The van der Waals surface area contributed by atoms with Gasteiger partial charge in [-0.05, 0) is 18.2 Å². The first-order valence-electron chi connectivity index (χ1n) is 7.92. The summed E-state index contributed by atoms with van der Waals surface area (Å²) in [6.45, 7) is 3.86. The number of thioether (sulfide) groups is 1. The average Bonchev–Trinajstić information content (AvgIpc) is 3.02. The van der Waals surface area contributed by atoms with Gasteiger partial charge in [0.2, 0.25) is 5.91 Å². The summed E-state index contributed by atoms with van der Waals surface area (Å²) >= 11 is 1.49. The van der Waals surface area contributed by atoms with Gasteiger partial charge < -0.3 is 14.8 Å². The van der Waals surface area contributed by atoms with E-state index in [0.29, 0.717) is 24.4 Å². The van der Waals surface area contributed by atoms with Gasteiger partial charge in [-0.3, -0.25) is 9.59 Å². The van der Waals surface area contributed by atoms with Crippen LogP contribution >= 0.6 is 11.8 Å². The van der Waals surface area contributed by atoms with Gasteiger partial charge in [-0.25, -0.2) is 0 Å². The molecule has 2 aliphatic heterocycles. The summed E-state index contributed by atoms with van der Waals surface area (Å²) in [6, 6.07) is 5.48. The summed E-state index contributed by atoms with van der Waals surface area (Å²) < 4.78 is 2.09. The fourth-order valence-corrected chi connectivity index (χ4v) is 3.84. The fourth-order valence-electron chi connectivity index (χ4n) is 3.05. The first-order valence-corrected chi connectivity index (χ1v) is 8.91. The molecule has 2 aromatic rings. The number of hydrogen-bond donors (Lipinski definition) is 1. The number of aromatic nitrogens is 3. The molecule has 1 aromatic carbocycles. The van der Waals surface area contributed by atoms with E-state index in [1.807, 2.05) is 19.1 Å². The van der Waals surface area contributed by atoms with Crippen molar-refractivity contribution in [3.63, 3.8) is 0 Å². The number of anilines is 1. The number of nitrogens with zero attached hydrogens (tertiary/aromatic N) is 4. The number of carbonyl (C=O) groups excluding carboxylic acids is 2. The third-order valence-electron chi connectivity index (χ3n) is 4.29. The van der Waals surface area contributed by atoms with Crippen LogP contribution in [0.4, 0.5) is 5.69 Å². The lowest BCUT2D eigenvalue weighted by atomic mass is 10.1. The summed E-state index contributed by atoms with van der Waals surface area (Å²) in [4.78, 5) is 27.1. The monoisotopic (exact) mass is 343 g/mol. The maximum Gasteiger partial charge on any atom is 0.254 e. The molecule has 1 aromatic heterocycles. The first-order chi connectivity index (χ1) is 11.7. The number of amides is 2. The molecule has 1 N–H and O–H groups in total. The van der Waals surface area contributed by atoms with Crippen LogP contribution in [-0.2, 0) is 24.3 Å². The molecule has 0 aliphatic carbocycles. The van der Waals surface area contributed by atoms with E-state index in [1.165, 1.54) is 11.8 Å². The fraction of sp³-hybridized carbons (Fsp3) is 0.375. The molecule has 0 fully saturated rings. The van der Waals surface area contributed by atoms with Crippen molar-refractivity contribution in [1.29, 1.82) is 0 Å². The Morgan fingerprint density at radius 3 is 3.04 bits per heavy atom. The van der Waals surface area contributed by atoms with Crippen molar-refractivity contribution in [3.05, 3.63) is 35.4 Å². The number of hydrogen-bond acceptors (Lipinski definition) is 5. The minimum absolute atomic E-state index is 0.0322. The number of nitrogens with one attached hydrogen (secondary N) is 1. The van der Waals surface area contributed by atoms with E-state index in [0.717, 1.165) is 35.2 Å². The first kappa shape index (κ1) is 15.2. The molecule has 0 saturated carbocycles. The predicted molar refractivity (Wildman–Crippen MR) is 89.9 cm³/mol. The molecule has 2 aliphatic rings. The summed E-state index contributed by atoms with van der Waals surface area (Å²) in [5, 5.41) is 11.2. The van der Waals surface area contributed by atoms with E-state index < -0.39 is 0 Å². The number of carbonyl (C=O) groups is 2. The third kappa shape index (κ3) is 2.56. The van der Waals surface area contributed by atoms with E-state index in [9.17, 15) is 9.59 Å². The van der Waals surface area contributed by atoms with E-state index in [2.05, 4.69) is 20.1 Å². The van der Waals surface area contributed by atoms with E-state index in [4.69, 9.17) is 0 Å². The van der Waals surface area contributed by atoms with Crippen LogP contribution in [0.3, 0.4) is 0 Å². The molecule has 24 heavy (non-hydrogen) atoms. The Morgan fingerprint density at radius 2 is 2.21 bits per heavy atom. The second-order valence-corrected chi connectivity index (χ2v) is 6.83. The molecule has 4 rings (SSSR count). The zero-order valence-electron chi connectivity index (χ0n) is 13.3. The van der Waals surface area contributed by atoms with Gasteiger partial charge in [0.25, 0.3) is 5.91 Å². The quantitative estimate of drug-likeness (QED) is 0.895. The molecule has 2 amide bonds. The molecule has 0 bridgehead atoms. The SMILES string of the molecule is CCc1nnc2n1CCN(C(=O)c1ccc3c(c1)NC(=O)CS3)C2. The van der Waals surface area contributed by atoms with Crippen LogP contribution < -0.4 is 5.32 Å². The standard InChI is InChI=1S/C16H17N5O2S/c1-2-13-18-19-14-8-20(5-6-21(13)14)16(23)10-3-4-12-11(7-10)17-15(22)9-24-12/h3-4,7H,2,5-6,8-9H2,1H3,(H,17,22). The third-order valence-corrected chi connectivity index (χ3v) is 5.37. The molecule has 0 spiro atoms. The van der Waals surface area contributed by atoms with E-state index >= 15 is 0 Å². The maximum absolute atomic E-state index is 12.8. The van der Waals surface area contributed by atoms with Gasteiger partial charge in [0.15, 0.2) is 5.82 Å². The highest BCUT2D eigenvalue weighted by atomic mass is 32.2. The van der Waals surface area contributed by atoms with Crippen LogP contribution in [0.5, 0.6) is 0 Å². The van der Waals surface area contributed by atoms with E-state index in [1.54, 1.807) is 11.0 Å². The summed E-state index contributed by atoms with van der Waals surface area (Å²) in [7, 11) is 0. The molecule has 3 heterocycles. The van der Waals surface area contributed by atoms with Gasteiger partial charge in [-0.1, -0.05) is 6.92 Å². The number of fused-ring (bicyclic) bond motifs is 2. The molecule has 8 heteroatoms. The highest BCUT2D eigenvalue weighted by molar-refractivity contribution is 8.00. The second kappa shape index (κ2) is 5.94. The van der Waals surface area contributed by atoms with Gasteiger partial charge in [-0.15, -0.1) is 22.0 Å². The smallest absolute Gasteiger partial charge is 0.254 e. The molecule has 0 saturated heterocycles. The Kier molecular flexibility index (Phi) is 3.76. The van der Waals surface area contributed by atoms with Gasteiger partial charge in [0.1, 0.15) is 5.82 Å². The van der Waals surface area contributed by atoms with Crippen molar-refractivity contribution in [1.82, 2.24) is 19.7 Å². The maximum atomic E-state index is 12.8. The Balaban J connectivity index is 1.56. The molecule has 0 unspecified atom stereocenters. The average molecular weight is 343 g/mol. The lowest BCUT2D eigenvalue weighted by Crippen LogP contribution is -2.38. The number of rotatable bonds is 2. The lowest BCUT2D eigenvalue weighted by molar-refractivity contribution is -0.113. The molecular weight excluding hydrogens is 326 g/mol. The van der Waals surface area contributed by atoms with Crippen molar-refractivity contribution >= 4 is 29.3 Å². The van der Waals surface area contributed by atoms with Crippen molar-refractivity contribution in [2.75, 3.05) is 17.6 Å². The van der Waals surface area contributed by atoms with Crippen LogP contribution in [0.2, 0.25) is 0 Å². The van der Waals surface area contributed by atoms with Crippen LogP contribution in [0.15, 0.2) is 23.1 Å². The predicted octanol–water partition coefficient (Wildman–Crippen LogP) is 1.54. The molecule has 7 nitrogen and oxygen atoms in total. The Morgan fingerprint density at radius 1 is 1.33 bits per heavy atom. The Hall–Kier alpha value is -2.35. The molecule has 0 atom stereocenters. The van der Waals surface area contributed by atoms with Gasteiger partial charge in [-0.2, -0.15) is 0 Å². The summed E-state index contributed by atoms with van der Waals surface area (Å²) in [6.07, 6.45) is 0.836. The van der Waals surface area contributed by atoms with Crippen molar-refractivity contribution < 1.29 is 9.59 Å². The van der Waals surface area contributed by atoms with E-state index in [-0.39, 0.29) is 11.8 Å². The summed E-state index contributed by atoms with van der Waals surface area (Å²) in [5.74, 6) is 2.13. The molecule has 0 radical (unpaired) electrons. The summed E-state index contributed by atoms with van der Waals surface area (Å²) in [5.41, 5.74) is 1.30. The van der Waals surface area contributed by atoms with Gasteiger partial charge >= 0.3 is 0 Å². The second-order valence-electron chi connectivity index (χ2n) is 5.81. The number of benzene rings is 1. The van der Waals surface area contributed by atoms with Crippen molar-refractivity contribution in [3.8, 4) is 0 Å². The molecular formula is C16H17N5O2S. The lowest BCUT2D eigenvalue weighted by Gasteiger charge is -2.28. The van der Waals surface area contributed by atoms with Crippen LogP contribution in [0, 0.1) is 0 Å². The molecule has 124 valence electrons. The van der Waals surface area contributed by atoms with Crippen LogP contribution in [-0.4, -0.2) is 43.8 Å². The normalized spacial score (nSPS) is 16.4. The van der Waals surface area contributed by atoms with Crippen molar-refractivity contribution in [2.45, 2.75) is 31.3 Å².